The zero-order valence-electron chi connectivity index (χ0n) is 13.0. The number of methoxy groups -OCH3 is 1. The van der Waals surface area contributed by atoms with Gasteiger partial charge >= 0.3 is 0 Å². The van der Waals surface area contributed by atoms with Gasteiger partial charge < -0.3 is 9.47 Å². The first-order chi connectivity index (χ1) is 10.7. The van der Waals surface area contributed by atoms with E-state index in [-0.39, 0.29) is 0 Å². The van der Waals surface area contributed by atoms with E-state index in [1.807, 2.05) is 30.3 Å². The van der Waals surface area contributed by atoms with Crippen LogP contribution in [-0.2, 0) is 6.54 Å². The molecule has 4 nitrogen and oxygen atoms in total. The van der Waals surface area contributed by atoms with Crippen LogP contribution in [0.4, 0.5) is 0 Å². The molecule has 0 atom stereocenters. The lowest BCUT2D eigenvalue weighted by molar-refractivity contribution is 0.232. The van der Waals surface area contributed by atoms with Crippen LogP contribution in [0.2, 0.25) is 0 Å². The molecule has 0 unspecified atom stereocenters. The summed E-state index contributed by atoms with van der Waals surface area (Å²) >= 11 is 0. The van der Waals surface area contributed by atoms with Crippen LogP contribution in [-0.4, -0.2) is 32.2 Å². The van der Waals surface area contributed by atoms with Gasteiger partial charge in [0.1, 0.15) is 18.1 Å². The van der Waals surface area contributed by atoms with Crippen molar-refractivity contribution >= 4 is 0 Å². The van der Waals surface area contributed by atoms with Gasteiger partial charge in [-0.15, -0.1) is 0 Å². The van der Waals surface area contributed by atoms with Gasteiger partial charge in [-0.1, -0.05) is 12.1 Å². The molecular formula is C18H20N2O2. The minimum Gasteiger partial charge on any atom is -0.497 e. The lowest BCUT2D eigenvalue weighted by Gasteiger charge is -2.17. The molecule has 0 saturated heterocycles. The van der Waals surface area contributed by atoms with Gasteiger partial charge in [-0.25, -0.2) is 0 Å². The number of rotatable bonds is 7. The molecule has 0 aromatic heterocycles. The number of hydrogen-bond donors (Lipinski definition) is 0. The molecule has 2 rings (SSSR count). The molecule has 22 heavy (non-hydrogen) atoms. The van der Waals surface area contributed by atoms with Crippen molar-refractivity contribution in [3.8, 4) is 17.6 Å². The second-order valence-electron chi connectivity index (χ2n) is 5.07. The van der Waals surface area contributed by atoms with Gasteiger partial charge in [0.05, 0.1) is 18.7 Å². The quantitative estimate of drug-likeness (QED) is 0.787. The van der Waals surface area contributed by atoms with E-state index in [1.165, 1.54) is 5.56 Å². The summed E-state index contributed by atoms with van der Waals surface area (Å²) in [6, 6.07) is 17.3. The van der Waals surface area contributed by atoms with Gasteiger partial charge in [-0.3, -0.25) is 4.90 Å². The number of likely N-dealkylation sites (N-methyl/N-ethyl adjacent to an activating group) is 1. The Balaban J connectivity index is 1.77. The average Bonchev–Trinajstić information content (AvgIpc) is 2.55. The fourth-order valence-electron chi connectivity index (χ4n) is 2.11. The number of hydrogen-bond acceptors (Lipinski definition) is 4. The first-order valence-electron chi connectivity index (χ1n) is 7.15. The number of nitriles is 1. The molecule has 114 valence electrons. The van der Waals surface area contributed by atoms with E-state index in [2.05, 4.69) is 24.1 Å². The van der Waals surface area contributed by atoms with Crippen LogP contribution in [0.5, 0.6) is 11.5 Å². The normalized spacial score (nSPS) is 10.3. The first kappa shape index (κ1) is 15.9. The summed E-state index contributed by atoms with van der Waals surface area (Å²) in [5.41, 5.74) is 1.85. The summed E-state index contributed by atoms with van der Waals surface area (Å²) in [5, 5.41) is 8.75. The lowest BCUT2D eigenvalue weighted by atomic mass is 10.2. The highest BCUT2D eigenvalue weighted by atomic mass is 16.5. The van der Waals surface area contributed by atoms with E-state index in [0.29, 0.717) is 12.2 Å². The molecule has 0 spiro atoms. The van der Waals surface area contributed by atoms with E-state index in [4.69, 9.17) is 14.7 Å². The fourth-order valence-corrected chi connectivity index (χ4v) is 2.11. The van der Waals surface area contributed by atoms with Crippen LogP contribution in [0.1, 0.15) is 11.1 Å². The molecule has 0 N–H and O–H groups in total. The highest BCUT2D eigenvalue weighted by Crippen LogP contribution is 2.14. The molecule has 0 aliphatic heterocycles. The third-order valence-corrected chi connectivity index (χ3v) is 3.31. The summed E-state index contributed by atoms with van der Waals surface area (Å²) in [6.45, 7) is 2.26. The molecular weight excluding hydrogens is 276 g/mol. The Morgan fingerprint density at radius 3 is 2.55 bits per heavy atom. The molecule has 0 fully saturated rings. The second kappa shape index (κ2) is 8.06. The zero-order valence-corrected chi connectivity index (χ0v) is 13.0. The summed E-state index contributed by atoms with van der Waals surface area (Å²) in [4.78, 5) is 2.19. The second-order valence-corrected chi connectivity index (χ2v) is 5.07. The van der Waals surface area contributed by atoms with Gasteiger partial charge in [0, 0.05) is 13.1 Å². The van der Waals surface area contributed by atoms with Crippen LogP contribution >= 0.6 is 0 Å². The Labute approximate surface area is 131 Å². The van der Waals surface area contributed by atoms with E-state index in [9.17, 15) is 0 Å². The highest BCUT2D eigenvalue weighted by molar-refractivity contribution is 5.34. The molecule has 0 bridgehead atoms. The topological polar surface area (TPSA) is 45.5 Å². The molecule has 2 aromatic carbocycles. The fraction of sp³-hybridized carbons (Fsp3) is 0.278. The van der Waals surface area contributed by atoms with Crippen LogP contribution in [0.25, 0.3) is 0 Å². The third-order valence-electron chi connectivity index (χ3n) is 3.31. The monoisotopic (exact) mass is 296 g/mol. The predicted octanol–water partition coefficient (Wildman–Crippen LogP) is 3.08. The van der Waals surface area contributed by atoms with Gasteiger partial charge in [0.15, 0.2) is 0 Å². The molecule has 0 radical (unpaired) electrons. The van der Waals surface area contributed by atoms with E-state index in [1.54, 1.807) is 19.2 Å². The molecule has 0 aliphatic rings. The first-order valence-corrected chi connectivity index (χ1v) is 7.15. The van der Waals surface area contributed by atoms with Crippen LogP contribution in [0.15, 0.2) is 48.5 Å². The highest BCUT2D eigenvalue weighted by Gasteiger charge is 2.02. The van der Waals surface area contributed by atoms with Gasteiger partial charge in [0.2, 0.25) is 0 Å². The van der Waals surface area contributed by atoms with Crippen LogP contribution in [0, 0.1) is 11.3 Å². The zero-order chi connectivity index (χ0) is 15.8. The maximum Gasteiger partial charge on any atom is 0.119 e. The Morgan fingerprint density at radius 2 is 1.86 bits per heavy atom. The van der Waals surface area contributed by atoms with Crippen molar-refractivity contribution in [3.05, 3.63) is 59.7 Å². The Morgan fingerprint density at radius 1 is 1.09 bits per heavy atom. The Bertz CT molecular complexity index is 632. The van der Waals surface area contributed by atoms with Crippen molar-refractivity contribution in [2.75, 3.05) is 27.3 Å². The smallest absolute Gasteiger partial charge is 0.119 e. The Hall–Kier alpha value is -2.51. The molecule has 0 heterocycles. The summed E-state index contributed by atoms with van der Waals surface area (Å²) in [5.74, 6) is 1.66. The molecule has 0 aliphatic carbocycles. The number of benzene rings is 2. The van der Waals surface area contributed by atoms with Gasteiger partial charge in [0.25, 0.3) is 0 Å². The minimum absolute atomic E-state index is 0.604. The number of ether oxygens (including phenoxy) is 2. The van der Waals surface area contributed by atoms with Crippen molar-refractivity contribution in [3.63, 3.8) is 0 Å². The van der Waals surface area contributed by atoms with E-state index in [0.717, 1.165) is 24.6 Å². The summed E-state index contributed by atoms with van der Waals surface area (Å²) in [7, 11) is 3.73. The van der Waals surface area contributed by atoms with E-state index < -0.39 is 0 Å². The van der Waals surface area contributed by atoms with Crippen molar-refractivity contribution < 1.29 is 9.47 Å². The van der Waals surface area contributed by atoms with Gasteiger partial charge in [-0.05, 0) is 49.0 Å². The summed E-state index contributed by atoms with van der Waals surface area (Å²) < 4.78 is 10.9. The number of nitrogens with zero attached hydrogens (tertiary/aromatic N) is 2. The third kappa shape index (κ3) is 4.80. The molecule has 0 saturated carbocycles. The van der Waals surface area contributed by atoms with Crippen LogP contribution < -0.4 is 9.47 Å². The van der Waals surface area contributed by atoms with Gasteiger partial charge in [-0.2, -0.15) is 5.26 Å². The molecule has 0 amide bonds. The maximum absolute atomic E-state index is 8.75. The maximum atomic E-state index is 8.75. The SMILES string of the molecule is COc1cccc(CN(C)CCOc2ccc(C#N)cc2)c1. The standard InChI is InChI=1S/C18H20N2O2/c1-20(14-16-4-3-5-18(12-16)21-2)10-11-22-17-8-6-15(13-19)7-9-17/h3-9,12H,10-11,14H2,1-2H3. The predicted molar refractivity (Wildman–Crippen MR) is 86.0 cm³/mol. The van der Waals surface area contributed by atoms with E-state index >= 15 is 0 Å². The van der Waals surface area contributed by atoms with Crippen molar-refractivity contribution in [1.29, 1.82) is 5.26 Å². The summed E-state index contributed by atoms with van der Waals surface area (Å²) in [6.07, 6.45) is 0. The Kier molecular flexibility index (Phi) is 5.81. The average molecular weight is 296 g/mol. The molecule has 2 aromatic rings. The van der Waals surface area contributed by atoms with Crippen LogP contribution in [0.3, 0.4) is 0 Å². The van der Waals surface area contributed by atoms with Crippen molar-refractivity contribution in [2.45, 2.75) is 6.54 Å². The largest absolute Gasteiger partial charge is 0.497 e. The lowest BCUT2D eigenvalue weighted by Crippen LogP contribution is -2.23. The molecule has 4 heteroatoms. The minimum atomic E-state index is 0.604. The van der Waals surface area contributed by atoms with Crippen molar-refractivity contribution in [1.82, 2.24) is 4.90 Å². The van der Waals surface area contributed by atoms with Crippen molar-refractivity contribution in [2.24, 2.45) is 0 Å².